The van der Waals surface area contributed by atoms with E-state index in [9.17, 15) is 0 Å². The molecule has 0 amide bonds. The fourth-order valence-corrected chi connectivity index (χ4v) is 3.57. The number of nitrogens with zero attached hydrogens (tertiary/aromatic N) is 3. The highest BCUT2D eigenvalue weighted by molar-refractivity contribution is 7.17. The molecule has 3 rings (SSSR count). The Morgan fingerprint density at radius 1 is 1.33 bits per heavy atom. The number of aryl methyl sites for hydroxylation is 2. The monoisotopic (exact) mass is 303 g/mol. The van der Waals surface area contributed by atoms with Crippen molar-refractivity contribution in [1.29, 1.82) is 0 Å². The summed E-state index contributed by atoms with van der Waals surface area (Å²) in [5, 5.41) is 2.17. The van der Waals surface area contributed by atoms with Gasteiger partial charge in [-0.2, -0.15) is 0 Å². The summed E-state index contributed by atoms with van der Waals surface area (Å²) in [4.78, 5) is 11.8. The van der Waals surface area contributed by atoms with Gasteiger partial charge in [-0.15, -0.1) is 11.3 Å². The number of fused-ring (bicyclic) bond motifs is 1. The Labute approximate surface area is 129 Å². The fraction of sp³-hybridized carbons (Fsp3) is 0.500. The second kappa shape index (κ2) is 6.64. The van der Waals surface area contributed by atoms with Gasteiger partial charge in [0.15, 0.2) is 5.82 Å². The molecule has 1 aliphatic heterocycles. The first-order valence-electron chi connectivity index (χ1n) is 7.49. The van der Waals surface area contributed by atoms with E-state index in [1.165, 1.54) is 10.3 Å². The van der Waals surface area contributed by atoms with Crippen molar-refractivity contribution in [3.05, 3.63) is 28.5 Å². The number of hydrogen-bond acceptors (Lipinski definition) is 5. The maximum absolute atomic E-state index is 5.36. The molecule has 0 radical (unpaired) electrons. The van der Waals surface area contributed by atoms with Gasteiger partial charge in [0.1, 0.15) is 0 Å². The van der Waals surface area contributed by atoms with Crippen molar-refractivity contribution in [2.45, 2.75) is 20.3 Å². The van der Waals surface area contributed by atoms with Crippen LogP contribution in [0.4, 0.5) is 0 Å². The summed E-state index contributed by atoms with van der Waals surface area (Å²) in [5.41, 5.74) is 3.51. The van der Waals surface area contributed by atoms with E-state index >= 15 is 0 Å². The highest BCUT2D eigenvalue weighted by Crippen LogP contribution is 2.26. The van der Waals surface area contributed by atoms with Crippen LogP contribution < -0.4 is 0 Å². The lowest BCUT2D eigenvalue weighted by atomic mass is 10.2. The summed E-state index contributed by atoms with van der Waals surface area (Å²) in [6, 6.07) is 0. The van der Waals surface area contributed by atoms with Gasteiger partial charge in [-0.1, -0.05) is 13.0 Å². The Bertz CT molecular complexity index is 644. The molecule has 1 aliphatic rings. The van der Waals surface area contributed by atoms with Crippen LogP contribution >= 0.6 is 11.3 Å². The Hall–Kier alpha value is -1.30. The van der Waals surface area contributed by atoms with Gasteiger partial charge in [-0.05, 0) is 30.4 Å². The van der Waals surface area contributed by atoms with Crippen LogP contribution in [-0.4, -0.2) is 47.7 Å². The molecule has 0 spiro atoms. The van der Waals surface area contributed by atoms with E-state index in [0.29, 0.717) is 0 Å². The summed E-state index contributed by atoms with van der Waals surface area (Å²) >= 11 is 1.75. The third-order valence-corrected chi connectivity index (χ3v) is 4.89. The molecular formula is C16H21N3OS. The van der Waals surface area contributed by atoms with Crippen LogP contribution in [0.3, 0.4) is 0 Å². The molecule has 0 saturated carbocycles. The minimum Gasteiger partial charge on any atom is -0.379 e. The quantitative estimate of drug-likeness (QED) is 0.870. The Balaban J connectivity index is 1.78. The second-order valence-corrected chi connectivity index (χ2v) is 6.17. The van der Waals surface area contributed by atoms with Crippen LogP contribution in [0, 0.1) is 6.92 Å². The zero-order valence-electron chi connectivity index (χ0n) is 12.6. The third kappa shape index (κ3) is 3.31. The molecule has 0 aromatic carbocycles. The zero-order chi connectivity index (χ0) is 14.7. The van der Waals surface area contributed by atoms with Gasteiger partial charge < -0.3 is 4.74 Å². The lowest BCUT2D eigenvalue weighted by Crippen LogP contribution is -2.36. The van der Waals surface area contributed by atoms with Crippen molar-refractivity contribution in [3.8, 4) is 0 Å². The topological polar surface area (TPSA) is 38.2 Å². The maximum atomic E-state index is 5.36. The average molecular weight is 303 g/mol. The van der Waals surface area contributed by atoms with Gasteiger partial charge >= 0.3 is 0 Å². The molecule has 4 nitrogen and oxygen atoms in total. The predicted molar refractivity (Wildman–Crippen MR) is 87.8 cm³/mol. The molecule has 3 heterocycles. The van der Waals surface area contributed by atoms with Crippen LogP contribution in [0.5, 0.6) is 0 Å². The fourth-order valence-electron chi connectivity index (χ4n) is 2.52. The predicted octanol–water partition coefficient (Wildman–Crippen LogP) is 2.91. The third-order valence-electron chi connectivity index (χ3n) is 3.75. The van der Waals surface area contributed by atoms with Crippen LogP contribution in [0.15, 0.2) is 11.5 Å². The lowest BCUT2D eigenvalue weighted by Gasteiger charge is -2.25. The van der Waals surface area contributed by atoms with Crippen molar-refractivity contribution >= 4 is 27.6 Å². The van der Waals surface area contributed by atoms with E-state index < -0.39 is 0 Å². The summed E-state index contributed by atoms with van der Waals surface area (Å²) in [5.74, 6) is 0.828. The van der Waals surface area contributed by atoms with Crippen molar-refractivity contribution in [3.63, 3.8) is 0 Å². The van der Waals surface area contributed by atoms with Gasteiger partial charge in [0.2, 0.25) is 0 Å². The lowest BCUT2D eigenvalue weighted by molar-refractivity contribution is 0.0435. The van der Waals surface area contributed by atoms with Crippen LogP contribution in [-0.2, 0) is 11.2 Å². The highest BCUT2D eigenvalue weighted by Gasteiger charge is 2.10. The molecule has 2 aromatic heterocycles. The standard InChI is InChI=1S/C16H21N3OS/c1-3-13-16-15(12(2)11-21-16)18-14(17-13)5-4-6-19-7-9-20-10-8-19/h4-5,11H,3,6-10H2,1-2H3/b5-4+. The molecule has 5 heteroatoms. The van der Waals surface area contributed by atoms with Crippen molar-refractivity contribution in [2.75, 3.05) is 32.8 Å². The van der Waals surface area contributed by atoms with Crippen molar-refractivity contribution < 1.29 is 4.74 Å². The van der Waals surface area contributed by atoms with Crippen molar-refractivity contribution in [1.82, 2.24) is 14.9 Å². The largest absolute Gasteiger partial charge is 0.379 e. The smallest absolute Gasteiger partial charge is 0.152 e. The number of morpholine rings is 1. The average Bonchev–Trinajstić information content (AvgIpc) is 2.89. The summed E-state index contributed by atoms with van der Waals surface area (Å²) < 4.78 is 6.59. The number of ether oxygens (including phenoxy) is 1. The minimum atomic E-state index is 0.828. The van der Waals surface area contributed by atoms with Gasteiger partial charge in [0.25, 0.3) is 0 Å². The Kier molecular flexibility index (Phi) is 4.63. The Morgan fingerprint density at radius 3 is 2.90 bits per heavy atom. The van der Waals surface area contributed by atoms with E-state index in [0.717, 1.165) is 56.3 Å². The Morgan fingerprint density at radius 2 is 2.14 bits per heavy atom. The second-order valence-electron chi connectivity index (χ2n) is 5.29. The van der Waals surface area contributed by atoms with Gasteiger partial charge in [-0.25, -0.2) is 9.97 Å². The summed E-state index contributed by atoms with van der Waals surface area (Å²) in [7, 11) is 0. The molecule has 0 unspecified atom stereocenters. The van der Waals surface area contributed by atoms with E-state index in [4.69, 9.17) is 9.72 Å². The highest BCUT2D eigenvalue weighted by atomic mass is 32.1. The van der Waals surface area contributed by atoms with Crippen molar-refractivity contribution in [2.24, 2.45) is 0 Å². The number of rotatable bonds is 4. The number of hydrogen-bond donors (Lipinski definition) is 0. The van der Waals surface area contributed by atoms with Crippen LogP contribution in [0.1, 0.15) is 24.0 Å². The molecule has 0 aliphatic carbocycles. The van der Waals surface area contributed by atoms with E-state index in [2.05, 4.69) is 35.2 Å². The van der Waals surface area contributed by atoms with E-state index in [-0.39, 0.29) is 0 Å². The molecule has 2 aromatic rings. The van der Waals surface area contributed by atoms with E-state index in [1.807, 2.05) is 6.08 Å². The van der Waals surface area contributed by atoms with Crippen LogP contribution in [0.25, 0.3) is 16.3 Å². The summed E-state index contributed by atoms with van der Waals surface area (Å²) in [6.07, 6.45) is 5.15. The van der Waals surface area contributed by atoms with E-state index in [1.54, 1.807) is 11.3 Å². The number of thiophene rings is 1. The number of aromatic nitrogens is 2. The normalized spacial score (nSPS) is 17.0. The van der Waals surface area contributed by atoms with Gasteiger partial charge in [-0.3, -0.25) is 4.90 Å². The van der Waals surface area contributed by atoms with Crippen LogP contribution in [0.2, 0.25) is 0 Å². The van der Waals surface area contributed by atoms with Gasteiger partial charge in [0, 0.05) is 19.6 Å². The molecule has 0 bridgehead atoms. The molecule has 1 fully saturated rings. The molecule has 1 saturated heterocycles. The molecule has 0 N–H and O–H groups in total. The molecular weight excluding hydrogens is 282 g/mol. The first-order valence-corrected chi connectivity index (χ1v) is 8.37. The zero-order valence-corrected chi connectivity index (χ0v) is 13.4. The SMILES string of the molecule is CCc1nc(/C=C/CN2CCOCC2)nc2c(C)csc12. The first kappa shape index (κ1) is 14.6. The minimum absolute atomic E-state index is 0.828. The van der Waals surface area contributed by atoms with Gasteiger partial charge in [0.05, 0.1) is 29.1 Å². The summed E-state index contributed by atoms with van der Waals surface area (Å²) in [6.45, 7) is 8.90. The molecule has 0 atom stereocenters. The maximum Gasteiger partial charge on any atom is 0.152 e. The molecule has 112 valence electrons. The molecule has 21 heavy (non-hydrogen) atoms. The first-order chi connectivity index (χ1) is 10.3.